The summed E-state index contributed by atoms with van der Waals surface area (Å²) < 4.78 is 13.3. The van der Waals surface area contributed by atoms with E-state index < -0.39 is 0 Å². The lowest BCUT2D eigenvalue weighted by Crippen LogP contribution is -2.16. The number of anilines is 6. The molecule has 2 aliphatic rings. The summed E-state index contributed by atoms with van der Waals surface area (Å²) in [5.74, 6) is 0.918. The smallest absolute Gasteiger partial charge is 0.143 e. The Kier molecular flexibility index (Phi) is 12.3. The van der Waals surface area contributed by atoms with Crippen LogP contribution in [0.4, 0.5) is 34.1 Å². The molecule has 0 bridgehead atoms. The fourth-order valence-electron chi connectivity index (χ4n) is 15.7. The zero-order valence-corrected chi connectivity index (χ0v) is 48.6. The molecule has 0 spiro atoms. The molecule has 84 heavy (non-hydrogen) atoms. The van der Waals surface area contributed by atoms with Crippen LogP contribution in [0.3, 0.4) is 0 Å². The minimum absolute atomic E-state index is 0.459. The molecular formula is C80H68N2O2. The van der Waals surface area contributed by atoms with Gasteiger partial charge in [0.15, 0.2) is 0 Å². The predicted molar refractivity (Wildman–Crippen MR) is 356 cm³/mol. The Labute approximate surface area is 491 Å². The van der Waals surface area contributed by atoms with Gasteiger partial charge in [-0.25, -0.2) is 0 Å². The van der Waals surface area contributed by atoms with Crippen LogP contribution in [0.15, 0.2) is 215 Å². The van der Waals surface area contributed by atoms with Crippen LogP contribution >= 0.6 is 0 Å². The number of fused-ring (bicyclic) bond motifs is 6. The third-order valence-corrected chi connectivity index (χ3v) is 19.4. The fraction of sp³-hybridized carbons (Fsp3) is 0.200. The van der Waals surface area contributed by atoms with Crippen molar-refractivity contribution in [2.24, 2.45) is 0 Å². The molecule has 2 fully saturated rings. The quantitative estimate of drug-likeness (QED) is 0.128. The summed E-state index contributed by atoms with van der Waals surface area (Å²) in [6.45, 7) is 9.26. The third-order valence-electron chi connectivity index (χ3n) is 19.4. The number of nitrogens with zero attached hydrogens (tertiary/aromatic N) is 2. The first-order valence-corrected chi connectivity index (χ1v) is 30.9. The molecule has 14 aromatic rings. The Morgan fingerprint density at radius 2 is 0.679 bits per heavy atom. The normalized spacial score (nSPS) is 14.6. The molecule has 4 heteroatoms. The SMILES string of the molecule is Cc1cc(-c2cccc3c2oc2ccccc23)cc(C)c1N(c1ccccc1)c1cc(C2CCCCC2)c2ccc3c(N(c4ccccc4)c4c(C)cc(-c5cccc6c5oc5ccccc56)cc4C)cc(C4CCCCC4)c4ccc1c2c43. The molecule has 16 rings (SSSR count). The maximum atomic E-state index is 6.67. The lowest BCUT2D eigenvalue weighted by molar-refractivity contribution is 0.445. The van der Waals surface area contributed by atoms with Crippen LogP contribution in [-0.4, -0.2) is 0 Å². The van der Waals surface area contributed by atoms with Gasteiger partial charge in [-0.1, -0.05) is 172 Å². The highest BCUT2D eigenvalue weighted by Gasteiger charge is 2.31. The van der Waals surface area contributed by atoms with E-state index in [-0.39, 0.29) is 0 Å². The van der Waals surface area contributed by atoms with Crippen molar-refractivity contribution in [3.63, 3.8) is 0 Å². The molecule has 0 N–H and O–H groups in total. The monoisotopic (exact) mass is 1090 g/mol. The maximum absolute atomic E-state index is 6.67. The van der Waals surface area contributed by atoms with Crippen LogP contribution in [0.5, 0.6) is 0 Å². The average Bonchev–Trinajstić information content (AvgIpc) is 1.10. The van der Waals surface area contributed by atoms with Crippen molar-refractivity contribution in [3.8, 4) is 22.3 Å². The van der Waals surface area contributed by atoms with E-state index in [2.05, 4.69) is 244 Å². The van der Waals surface area contributed by atoms with Crippen molar-refractivity contribution in [2.45, 2.75) is 104 Å². The van der Waals surface area contributed by atoms with Gasteiger partial charge >= 0.3 is 0 Å². The van der Waals surface area contributed by atoms with Gasteiger partial charge in [0.2, 0.25) is 0 Å². The summed E-state index contributed by atoms with van der Waals surface area (Å²) in [6, 6.07) is 77.3. The molecule has 2 heterocycles. The molecule has 2 aliphatic carbocycles. The number of benzene rings is 12. The van der Waals surface area contributed by atoms with Crippen LogP contribution in [-0.2, 0) is 0 Å². The standard InChI is InChI=1S/C80H68N2O2/c1-49-43-55(59-33-21-35-65-61-31-17-19-37-73(61)83-79(59)65)44-50(2)77(49)81(57-27-13-7-14-28-57)71-47-69(53-23-9-5-10-24-53)63-40-42-68-72(48-70(54-25-11-6-12-26-54)64-39-41-67(71)75(63)76(64)68)82(58-29-15-8-16-30-58)78-51(3)45-56(46-52(78)4)60-34-22-36-66-62-32-18-20-38-74(62)84-80(60)66/h7-8,13-22,27-48,53-54H,5-6,9-12,23-26H2,1-4H3. The van der Waals surface area contributed by atoms with E-state index in [1.165, 1.54) is 164 Å². The molecule has 4 nitrogen and oxygen atoms in total. The molecule has 0 unspecified atom stereocenters. The van der Waals surface area contributed by atoms with Crippen LogP contribution in [0.2, 0.25) is 0 Å². The Bertz CT molecular complexity index is 4500. The number of hydrogen-bond donors (Lipinski definition) is 0. The molecule has 0 atom stereocenters. The Balaban J connectivity index is 0.949. The number of furan rings is 2. The van der Waals surface area contributed by atoms with Gasteiger partial charge in [-0.3, -0.25) is 0 Å². The third kappa shape index (κ3) is 8.16. The van der Waals surface area contributed by atoms with Gasteiger partial charge in [0.1, 0.15) is 22.3 Å². The van der Waals surface area contributed by atoms with Gasteiger partial charge in [0.05, 0.1) is 22.7 Å². The van der Waals surface area contributed by atoms with Gasteiger partial charge in [-0.15, -0.1) is 0 Å². The highest BCUT2D eigenvalue weighted by atomic mass is 16.3. The first kappa shape index (κ1) is 50.6. The summed E-state index contributed by atoms with van der Waals surface area (Å²) in [6.07, 6.45) is 12.5. The Morgan fingerprint density at radius 1 is 0.321 bits per heavy atom. The lowest BCUT2D eigenvalue weighted by atomic mass is 9.77. The topological polar surface area (TPSA) is 32.8 Å². The highest BCUT2D eigenvalue weighted by molar-refractivity contribution is 6.30. The molecule has 2 saturated carbocycles. The summed E-state index contributed by atoms with van der Waals surface area (Å²) in [5, 5.41) is 12.8. The number of rotatable bonds is 10. The van der Waals surface area contributed by atoms with Crippen LogP contribution in [0, 0.1) is 27.7 Å². The zero-order chi connectivity index (χ0) is 56.2. The number of hydrogen-bond acceptors (Lipinski definition) is 4. The molecule has 410 valence electrons. The van der Waals surface area contributed by atoms with Crippen LogP contribution in [0.1, 0.15) is 109 Å². The van der Waals surface area contributed by atoms with Crippen molar-refractivity contribution < 1.29 is 8.83 Å². The van der Waals surface area contributed by atoms with Crippen molar-refractivity contribution in [3.05, 3.63) is 240 Å². The molecule has 12 aromatic carbocycles. The molecule has 2 aromatic heterocycles. The largest absolute Gasteiger partial charge is 0.455 e. The van der Waals surface area contributed by atoms with Crippen molar-refractivity contribution in [1.82, 2.24) is 0 Å². The van der Waals surface area contributed by atoms with Gasteiger partial charge in [0.25, 0.3) is 0 Å². The second kappa shape index (κ2) is 20.3. The van der Waals surface area contributed by atoms with Crippen molar-refractivity contribution >= 4 is 110 Å². The van der Waals surface area contributed by atoms with E-state index in [0.717, 1.165) is 66.4 Å². The van der Waals surface area contributed by atoms with Gasteiger partial charge in [-0.2, -0.15) is 0 Å². The van der Waals surface area contributed by atoms with Gasteiger partial charge < -0.3 is 18.6 Å². The Morgan fingerprint density at radius 3 is 1.08 bits per heavy atom. The zero-order valence-electron chi connectivity index (χ0n) is 48.6. The first-order valence-electron chi connectivity index (χ1n) is 30.9. The van der Waals surface area contributed by atoms with E-state index >= 15 is 0 Å². The second-order valence-corrected chi connectivity index (χ2v) is 24.5. The van der Waals surface area contributed by atoms with Crippen molar-refractivity contribution in [1.29, 1.82) is 0 Å². The van der Waals surface area contributed by atoms with E-state index in [0.29, 0.717) is 11.8 Å². The molecule has 0 radical (unpaired) electrons. The summed E-state index contributed by atoms with van der Waals surface area (Å²) in [7, 11) is 0. The second-order valence-electron chi connectivity index (χ2n) is 24.5. The average molecular weight is 1090 g/mol. The summed E-state index contributed by atoms with van der Waals surface area (Å²) >= 11 is 0. The van der Waals surface area contributed by atoms with Gasteiger partial charge in [0, 0.05) is 54.8 Å². The highest BCUT2D eigenvalue weighted by Crippen LogP contribution is 2.55. The summed E-state index contributed by atoms with van der Waals surface area (Å²) in [4.78, 5) is 5.24. The van der Waals surface area contributed by atoms with Gasteiger partial charge in [-0.05, 0) is 204 Å². The maximum Gasteiger partial charge on any atom is 0.143 e. The molecule has 0 aliphatic heterocycles. The minimum Gasteiger partial charge on any atom is -0.455 e. The first-order chi connectivity index (χ1) is 41.3. The van der Waals surface area contributed by atoms with E-state index in [4.69, 9.17) is 8.83 Å². The van der Waals surface area contributed by atoms with E-state index in [9.17, 15) is 0 Å². The molecular weight excluding hydrogens is 1020 g/mol. The number of para-hydroxylation sites is 6. The van der Waals surface area contributed by atoms with E-state index in [1.54, 1.807) is 0 Å². The van der Waals surface area contributed by atoms with E-state index in [1.807, 2.05) is 0 Å². The van der Waals surface area contributed by atoms with Crippen LogP contribution < -0.4 is 9.80 Å². The Hall–Kier alpha value is -9.12. The number of aryl methyl sites for hydroxylation is 4. The predicted octanol–water partition coefficient (Wildman–Crippen LogP) is 24.0. The summed E-state index contributed by atoms with van der Waals surface area (Å²) in [5.41, 5.74) is 23.4. The lowest BCUT2D eigenvalue weighted by Gasteiger charge is -2.35. The molecule has 0 saturated heterocycles. The minimum atomic E-state index is 0.459. The fourth-order valence-corrected chi connectivity index (χ4v) is 15.7. The van der Waals surface area contributed by atoms with Crippen molar-refractivity contribution in [2.75, 3.05) is 9.80 Å². The molecule has 0 amide bonds. The van der Waals surface area contributed by atoms with Crippen LogP contribution in [0.25, 0.3) is 98.4 Å².